The minimum atomic E-state index is -0.779. The number of carbonyl (C=O) groups excluding carboxylic acids is 1. The molecule has 0 aliphatic heterocycles. The van der Waals surface area contributed by atoms with Crippen molar-refractivity contribution >= 4 is 11.7 Å². The summed E-state index contributed by atoms with van der Waals surface area (Å²) < 4.78 is 0. The molecule has 1 amide bonds. The van der Waals surface area contributed by atoms with Gasteiger partial charge < -0.3 is 16.3 Å². The first-order valence-electron chi connectivity index (χ1n) is 5.32. The van der Waals surface area contributed by atoms with Gasteiger partial charge in [0.2, 0.25) is 5.91 Å². The molecule has 1 saturated carbocycles. The number of amidine groups is 1. The van der Waals surface area contributed by atoms with Crippen molar-refractivity contribution in [3.05, 3.63) is 0 Å². The minimum Gasteiger partial charge on any atom is -0.409 e. The van der Waals surface area contributed by atoms with Crippen molar-refractivity contribution in [1.82, 2.24) is 5.32 Å². The lowest BCUT2D eigenvalue weighted by Crippen LogP contribution is -2.49. The van der Waals surface area contributed by atoms with Crippen LogP contribution >= 0.6 is 0 Å². The standard InChI is InChI=1S/C10H19N3O2/c1-7(2)12-9(14)10(8(11)13-15)5-3-4-6-10/h7,15H,3-6H2,1-2H3,(H2,11,13)(H,12,14). The van der Waals surface area contributed by atoms with Gasteiger partial charge >= 0.3 is 0 Å². The Morgan fingerprint density at radius 2 is 2.00 bits per heavy atom. The van der Waals surface area contributed by atoms with Crippen molar-refractivity contribution < 1.29 is 10.0 Å². The molecular weight excluding hydrogens is 194 g/mol. The van der Waals surface area contributed by atoms with Crippen LogP contribution in [0.4, 0.5) is 0 Å². The molecule has 0 heterocycles. The van der Waals surface area contributed by atoms with Gasteiger partial charge in [-0.25, -0.2) is 0 Å². The Labute approximate surface area is 89.7 Å². The zero-order chi connectivity index (χ0) is 11.5. The van der Waals surface area contributed by atoms with Crippen LogP contribution in [0.25, 0.3) is 0 Å². The molecule has 1 fully saturated rings. The van der Waals surface area contributed by atoms with Crippen molar-refractivity contribution in [2.24, 2.45) is 16.3 Å². The van der Waals surface area contributed by atoms with E-state index in [1.807, 2.05) is 13.8 Å². The van der Waals surface area contributed by atoms with E-state index in [1.54, 1.807) is 0 Å². The van der Waals surface area contributed by atoms with Crippen molar-refractivity contribution in [2.75, 3.05) is 0 Å². The quantitative estimate of drug-likeness (QED) is 0.281. The van der Waals surface area contributed by atoms with Crippen LogP contribution in [0, 0.1) is 5.41 Å². The monoisotopic (exact) mass is 213 g/mol. The molecule has 0 aromatic carbocycles. The fourth-order valence-corrected chi connectivity index (χ4v) is 2.07. The molecule has 1 aliphatic carbocycles. The predicted molar refractivity (Wildman–Crippen MR) is 57.6 cm³/mol. The van der Waals surface area contributed by atoms with Crippen molar-refractivity contribution in [3.8, 4) is 0 Å². The third kappa shape index (κ3) is 2.22. The second kappa shape index (κ2) is 4.51. The summed E-state index contributed by atoms with van der Waals surface area (Å²) in [5, 5.41) is 14.6. The molecule has 0 atom stereocenters. The van der Waals surface area contributed by atoms with Crippen LogP contribution in [-0.4, -0.2) is 23.0 Å². The van der Waals surface area contributed by atoms with Crippen LogP contribution in [0.2, 0.25) is 0 Å². The van der Waals surface area contributed by atoms with Crippen molar-refractivity contribution in [1.29, 1.82) is 0 Å². The van der Waals surface area contributed by atoms with Gasteiger partial charge in [-0.1, -0.05) is 18.0 Å². The summed E-state index contributed by atoms with van der Waals surface area (Å²) in [5.74, 6) is -0.0801. The van der Waals surface area contributed by atoms with Crippen LogP contribution in [0.5, 0.6) is 0 Å². The number of rotatable bonds is 3. The molecular formula is C10H19N3O2. The van der Waals surface area contributed by atoms with Gasteiger partial charge in [0.1, 0.15) is 5.41 Å². The van der Waals surface area contributed by atoms with E-state index in [0.717, 1.165) is 12.8 Å². The van der Waals surface area contributed by atoms with E-state index in [1.165, 1.54) is 0 Å². The summed E-state index contributed by atoms with van der Waals surface area (Å²) in [7, 11) is 0. The number of nitrogens with one attached hydrogen (secondary N) is 1. The topological polar surface area (TPSA) is 87.7 Å². The highest BCUT2D eigenvalue weighted by molar-refractivity contribution is 6.07. The molecule has 86 valence electrons. The van der Waals surface area contributed by atoms with Gasteiger partial charge in [0.15, 0.2) is 5.84 Å². The van der Waals surface area contributed by atoms with Gasteiger partial charge in [-0.2, -0.15) is 0 Å². The predicted octanol–water partition coefficient (Wildman–Crippen LogP) is 0.818. The molecule has 0 unspecified atom stereocenters. The van der Waals surface area contributed by atoms with E-state index in [4.69, 9.17) is 10.9 Å². The Morgan fingerprint density at radius 3 is 2.40 bits per heavy atom. The maximum absolute atomic E-state index is 12.0. The summed E-state index contributed by atoms with van der Waals surface area (Å²) in [6.07, 6.45) is 3.23. The number of nitrogens with zero attached hydrogens (tertiary/aromatic N) is 1. The van der Waals surface area contributed by atoms with Crippen LogP contribution in [0.15, 0.2) is 5.16 Å². The summed E-state index contributed by atoms with van der Waals surface area (Å²) in [6, 6.07) is 0.0708. The van der Waals surface area contributed by atoms with E-state index in [-0.39, 0.29) is 17.8 Å². The highest BCUT2D eigenvalue weighted by Crippen LogP contribution is 2.38. The second-order valence-corrected chi connectivity index (χ2v) is 4.40. The van der Waals surface area contributed by atoms with Gasteiger partial charge in [0, 0.05) is 6.04 Å². The van der Waals surface area contributed by atoms with E-state index in [2.05, 4.69) is 10.5 Å². The fourth-order valence-electron chi connectivity index (χ4n) is 2.07. The highest BCUT2D eigenvalue weighted by Gasteiger charge is 2.45. The number of nitrogens with two attached hydrogens (primary N) is 1. The third-order valence-corrected chi connectivity index (χ3v) is 2.91. The van der Waals surface area contributed by atoms with E-state index in [9.17, 15) is 4.79 Å². The molecule has 0 aromatic rings. The summed E-state index contributed by atoms with van der Waals surface area (Å²) in [6.45, 7) is 3.79. The minimum absolute atomic E-state index is 0.0400. The van der Waals surface area contributed by atoms with Crippen LogP contribution in [0.1, 0.15) is 39.5 Å². The maximum Gasteiger partial charge on any atom is 0.234 e. The van der Waals surface area contributed by atoms with Crippen molar-refractivity contribution in [2.45, 2.75) is 45.6 Å². The van der Waals surface area contributed by atoms with Gasteiger partial charge in [0.25, 0.3) is 0 Å². The molecule has 5 nitrogen and oxygen atoms in total. The average molecular weight is 213 g/mol. The molecule has 0 aromatic heterocycles. The zero-order valence-corrected chi connectivity index (χ0v) is 9.29. The van der Waals surface area contributed by atoms with Gasteiger partial charge in [-0.15, -0.1) is 0 Å². The zero-order valence-electron chi connectivity index (χ0n) is 9.29. The Kier molecular flexibility index (Phi) is 3.55. The molecule has 15 heavy (non-hydrogen) atoms. The number of carbonyl (C=O) groups is 1. The maximum atomic E-state index is 12.0. The molecule has 4 N–H and O–H groups in total. The number of hydrogen-bond donors (Lipinski definition) is 3. The fraction of sp³-hybridized carbons (Fsp3) is 0.800. The first kappa shape index (κ1) is 11.8. The molecule has 0 spiro atoms. The van der Waals surface area contributed by atoms with Crippen LogP contribution in [-0.2, 0) is 4.79 Å². The Hall–Kier alpha value is -1.26. The molecule has 1 aliphatic rings. The first-order chi connectivity index (χ1) is 7.03. The highest BCUT2D eigenvalue weighted by atomic mass is 16.4. The molecule has 5 heteroatoms. The SMILES string of the molecule is CC(C)NC(=O)C1(C(N)=NO)CCCC1. The lowest BCUT2D eigenvalue weighted by atomic mass is 9.83. The van der Waals surface area contributed by atoms with E-state index < -0.39 is 5.41 Å². The number of oxime groups is 1. The number of hydrogen-bond acceptors (Lipinski definition) is 3. The van der Waals surface area contributed by atoms with Gasteiger partial charge in [-0.05, 0) is 26.7 Å². The van der Waals surface area contributed by atoms with Crippen molar-refractivity contribution in [3.63, 3.8) is 0 Å². The van der Waals surface area contributed by atoms with E-state index >= 15 is 0 Å². The summed E-state index contributed by atoms with van der Waals surface area (Å²) >= 11 is 0. The van der Waals surface area contributed by atoms with Gasteiger partial charge in [0.05, 0.1) is 0 Å². The van der Waals surface area contributed by atoms with Crippen LogP contribution < -0.4 is 11.1 Å². The lowest BCUT2D eigenvalue weighted by Gasteiger charge is -2.27. The van der Waals surface area contributed by atoms with Gasteiger partial charge in [-0.3, -0.25) is 4.79 Å². The number of amides is 1. The summed E-state index contributed by atoms with van der Waals surface area (Å²) in [4.78, 5) is 12.0. The smallest absolute Gasteiger partial charge is 0.234 e. The molecule has 0 bridgehead atoms. The molecule has 0 radical (unpaired) electrons. The molecule has 1 rings (SSSR count). The van der Waals surface area contributed by atoms with Crippen LogP contribution in [0.3, 0.4) is 0 Å². The Balaban J connectivity index is 2.86. The average Bonchev–Trinajstić information content (AvgIpc) is 2.65. The largest absolute Gasteiger partial charge is 0.409 e. The second-order valence-electron chi connectivity index (χ2n) is 4.40. The summed E-state index contributed by atoms with van der Waals surface area (Å²) in [5.41, 5.74) is 4.85. The third-order valence-electron chi connectivity index (χ3n) is 2.91. The Morgan fingerprint density at radius 1 is 1.47 bits per heavy atom. The van der Waals surface area contributed by atoms with E-state index in [0.29, 0.717) is 12.8 Å². The first-order valence-corrected chi connectivity index (χ1v) is 5.32. The lowest BCUT2D eigenvalue weighted by molar-refractivity contribution is -0.128. The molecule has 0 saturated heterocycles. The normalized spacial score (nSPS) is 20.6. The Bertz CT molecular complexity index is 268.